The van der Waals surface area contributed by atoms with Gasteiger partial charge in [0.05, 0.1) is 5.75 Å². The molecule has 2 heterocycles. The lowest BCUT2D eigenvalue weighted by molar-refractivity contribution is -0.143. The lowest BCUT2D eigenvalue weighted by atomic mass is 10.0. The zero-order chi connectivity index (χ0) is 20.1. The van der Waals surface area contributed by atoms with E-state index in [9.17, 15) is 18.0 Å². The van der Waals surface area contributed by atoms with Crippen molar-refractivity contribution in [2.75, 3.05) is 38.5 Å². The Morgan fingerprint density at radius 2 is 1.46 bits per heavy atom. The van der Waals surface area contributed by atoms with Crippen molar-refractivity contribution < 1.29 is 18.0 Å². The SMILES string of the molecule is CCCS(=O)(=O)N1CCCCC1C(=O)N1CCN(C(=O)CC2CCCC2)CC1. The van der Waals surface area contributed by atoms with Gasteiger partial charge in [-0.15, -0.1) is 0 Å². The molecule has 160 valence electrons. The van der Waals surface area contributed by atoms with E-state index in [1.165, 1.54) is 17.1 Å². The number of amides is 2. The maximum atomic E-state index is 13.1. The lowest BCUT2D eigenvalue weighted by Gasteiger charge is -2.40. The average molecular weight is 414 g/mol. The van der Waals surface area contributed by atoms with Gasteiger partial charge >= 0.3 is 0 Å². The first-order chi connectivity index (χ1) is 13.4. The zero-order valence-electron chi connectivity index (χ0n) is 17.1. The molecule has 7 nitrogen and oxygen atoms in total. The number of rotatable bonds is 6. The number of hydrogen-bond donors (Lipinski definition) is 0. The van der Waals surface area contributed by atoms with Gasteiger partial charge in [-0.25, -0.2) is 8.42 Å². The molecule has 2 aliphatic heterocycles. The van der Waals surface area contributed by atoms with E-state index in [0.29, 0.717) is 57.9 Å². The van der Waals surface area contributed by atoms with Crippen molar-refractivity contribution >= 4 is 21.8 Å². The molecule has 1 saturated carbocycles. The van der Waals surface area contributed by atoms with Crippen molar-refractivity contribution in [1.29, 1.82) is 0 Å². The Labute approximate surface area is 169 Å². The minimum atomic E-state index is -3.38. The van der Waals surface area contributed by atoms with Gasteiger partial charge in [-0.2, -0.15) is 4.31 Å². The Morgan fingerprint density at radius 1 is 0.857 bits per heavy atom. The molecule has 8 heteroatoms. The molecule has 2 amide bonds. The Balaban J connectivity index is 1.55. The fraction of sp³-hybridized carbons (Fsp3) is 0.900. The molecule has 1 atom stereocenters. The molecule has 0 N–H and O–H groups in total. The summed E-state index contributed by atoms with van der Waals surface area (Å²) < 4.78 is 26.6. The van der Waals surface area contributed by atoms with Gasteiger partial charge in [0.25, 0.3) is 0 Å². The molecular weight excluding hydrogens is 378 g/mol. The first kappa shape index (κ1) is 21.6. The monoisotopic (exact) mass is 413 g/mol. The van der Waals surface area contributed by atoms with Gasteiger partial charge in [-0.1, -0.05) is 26.2 Å². The second kappa shape index (κ2) is 9.57. The number of hydrogen-bond acceptors (Lipinski definition) is 4. The van der Waals surface area contributed by atoms with Crippen molar-refractivity contribution in [3.05, 3.63) is 0 Å². The summed E-state index contributed by atoms with van der Waals surface area (Å²) >= 11 is 0. The van der Waals surface area contributed by atoms with Crippen LogP contribution in [0.25, 0.3) is 0 Å². The molecule has 3 aliphatic rings. The zero-order valence-corrected chi connectivity index (χ0v) is 18.0. The van der Waals surface area contributed by atoms with Gasteiger partial charge in [0.2, 0.25) is 21.8 Å². The van der Waals surface area contributed by atoms with Crippen LogP contribution in [0, 0.1) is 5.92 Å². The predicted octanol–water partition coefficient (Wildman–Crippen LogP) is 1.83. The maximum absolute atomic E-state index is 13.1. The topological polar surface area (TPSA) is 78.0 Å². The van der Waals surface area contributed by atoms with Crippen LogP contribution in [0.4, 0.5) is 0 Å². The molecule has 1 aliphatic carbocycles. The number of carbonyl (C=O) groups is 2. The lowest BCUT2D eigenvalue weighted by Crippen LogP contribution is -2.58. The van der Waals surface area contributed by atoms with Crippen LogP contribution in [0.3, 0.4) is 0 Å². The number of carbonyl (C=O) groups excluding carboxylic acids is 2. The second-order valence-corrected chi connectivity index (χ2v) is 10.5. The maximum Gasteiger partial charge on any atom is 0.241 e. The summed E-state index contributed by atoms with van der Waals surface area (Å²) in [6, 6.07) is -0.564. The van der Waals surface area contributed by atoms with E-state index in [1.807, 2.05) is 11.8 Å². The van der Waals surface area contributed by atoms with Gasteiger partial charge in [0.15, 0.2) is 0 Å². The summed E-state index contributed by atoms with van der Waals surface area (Å²) in [5.41, 5.74) is 0. The Kier molecular flexibility index (Phi) is 7.36. The smallest absolute Gasteiger partial charge is 0.241 e. The summed E-state index contributed by atoms with van der Waals surface area (Å²) in [4.78, 5) is 29.3. The van der Waals surface area contributed by atoms with Crippen LogP contribution in [-0.4, -0.2) is 78.9 Å². The molecule has 0 aromatic rings. The second-order valence-electron chi connectivity index (χ2n) is 8.50. The van der Waals surface area contributed by atoms with E-state index in [-0.39, 0.29) is 17.6 Å². The van der Waals surface area contributed by atoms with Crippen molar-refractivity contribution in [1.82, 2.24) is 14.1 Å². The van der Waals surface area contributed by atoms with E-state index < -0.39 is 16.1 Å². The summed E-state index contributed by atoms with van der Waals surface area (Å²) in [6.45, 7) is 4.43. The van der Waals surface area contributed by atoms with Crippen molar-refractivity contribution in [3.63, 3.8) is 0 Å². The van der Waals surface area contributed by atoms with Gasteiger partial charge < -0.3 is 9.80 Å². The van der Waals surface area contributed by atoms with Gasteiger partial charge in [-0.3, -0.25) is 9.59 Å². The molecule has 2 saturated heterocycles. The molecule has 3 rings (SSSR count). The summed E-state index contributed by atoms with van der Waals surface area (Å²) in [7, 11) is -3.38. The van der Waals surface area contributed by atoms with Crippen LogP contribution in [0.1, 0.15) is 64.7 Å². The van der Waals surface area contributed by atoms with E-state index in [1.54, 1.807) is 4.90 Å². The van der Waals surface area contributed by atoms with Crippen molar-refractivity contribution in [2.45, 2.75) is 70.8 Å². The highest BCUT2D eigenvalue weighted by Crippen LogP contribution is 2.28. The van der Waals surface area contributed by atoms with Crippen LogP contribution in [-0.2, 0) is 19.6 Å². The van der Waals surface area contributed by atoms with E-state index >= 15 is 0 Å². The summed E-state index contributed by atoms with van der Waals surface area (Å²) in [5, 5.41) is 0. The van der Waals surface area contributed by atoms with E-state index in [4.69, 9.17) is 0 Å². The standard InChI is InChI=1S/C20H35N3O4S/c1-2-15-28(26,27)23-10-6-5-9-18(23)20(25)22-13-11-21(12-14-22)19(24)16-17-7-3-4-8-17/h17-18H,2-16H2,1H3. The Morgan fingerprint density at radius 3 is 2.11 bits per heavy atom. The molecular formula is C20H35N3O4S. The number of piperidine rings is 1. The van der Waals surface area contributed by atoms with Gasteiger partial charge in [0.1, 0.15) is 6.04 Å². The quantitative estimate of drug-likeness (QED) is 0.666. The molecule has 0 aromatic carbocycles. The number of sulfonamides is 1. The molecule has 3 fully saturated rings. The number of piperazine rings is 1. The third kappa shape index (κ3) is 5.06. The highest BCUT2D eigenvalue weighted by Gasteiger charge is 2.39. The molecule has 0 bridgehead atoms. The normalized spacial score (nSPS) is 25.2. The van der Waals surface area contributed by atoms with Crippen LogP contribution in [0.15, 0.2) is 0 Å². The molecule has 0 aromatic heterocycles. The van der Waals surface area contributed by atoms with Crippen molar-refractivity contribution in [3.8, 4) is 0 Å². The fourth-order valence-corrected chi connectivity index (χ4v) is 6.58. The summed E-state index contributed by atoms with van der Waals surface area (Å²) in [6.07, 6.45) is 8.29. The van der Waals surface area contributed by atoms with Crippen LogP contribution >= 0.6 is 0 Å². The van der Waals surface area contributed by atoms with Crippen LogP contribution < -0.4 is 0 Å². The minimum Gasteiger partial charge on any atom is -0.339 e. The van der Waals surface area contributed by atoms with Crippen LogP contribution in [0.5, 0.6) is 0 Å². The van der Waals surface area contributed by atoms with Gasteiger partial charge in [-0.05, 0) is 38.0 Å². The number of nitrogens with zero attached hydrogens (tertiary/aromatic N) is 3. The minimum absolute atomic E-state index is 0.0812. The molecule has 28 heavy (non-hydrogen) atoms. The third-order valence-electron chi connectivity index (χ3n) is 6.44. The van der Waals surface area contributed by atoms with Crippen molar-refractivity contribution in [2.24, 2.45) is 5.92 Å². The Bertz CT molecular complexity index is 652. The van der Waals surface area contributed by atoms with E-state index in [2.05, 4.69) is 0 Å². The van der Waals surface area contributed by atoms with E-state index in [0.717, 1.165) is 25.7 Å². The first-order valence-electron chi connectivity index (χ1n) is 11.0. The Hall–Kier alpha value is -1.15. The summed E-state index contributed by atoms with van der Waals surface area (Å²) in [5.74, 6) is 0.762. The fourth-order valence-electron chi connectivity index (χ4n) is 4.84. The highest BCUT2D eigenvalue weighted by atomic mass is 32.2. The largest absolute Gasteiger partial charge is 0.339 e. The molecule has 0 spiro atoms. The van der Waals surface area contributed by atoms with Crippen LogP contribution in [0.2, 0.25) is 0 Å². The van der Waals surface area contributed by atoms with Gasteiger partial charge in [0, 0.05) is 39.1 Å². The first-order valence-corrected chi connectivity index (χ1v) is 12.6. The molecule has 1 unspecified atom stereocenters. The third-order valence-corrected chi connectivity index (χ3v) is 8.52. The highest BCUT2D eigenvalue weighted by molar-refractivity contribution is 7.89. The molecule has 0 radical (unpaired) electrons. The predicted molar refractivity (Wildman–Crippen MR) is 108 cm³/mol. The average Bonchev–Trinajstić information content (AvgIpc) is 3.20.